The summed E-state index contributed by atoms with van der Waals surface area (Å²) in [7, 11) is 1.59. The lowest BCUT2D eigenvalue weighted by Crippen LogP contribution is -2.34. The first kappa shape index (κ1) is 19.1. The van der Waals surface area contributed by atoms with Crippen LogP contribution in [0, 0.1) is 13.8 Å². The van der Waals surface area contributed by atoms with Crippen molar-refractivity contribution in [1.29, 1.82) is 0 Å². The number of nitrogens with zero attached hydrogens (tertiary/aromatic N) is 3. The summed E-state index contributed by atoms with van der Waals surface area (Å²) in [6, 6.07) is 6.23. The molecule has 0 bridgehead atoms. The number of carbonyl (C=O) groups excluding carboxylic acids is 2. The predicted molar refractivity (Wildman–Crippen MR) is 98.0 cm³/mol. The van der Waals surface area contributed by atoms with E-state index in [9.17, 15) is 9.59 Å². The average Bonchev–Trinajstić information content (AvgIpc) is 3.03. The molecule has 134 valence electrons. The maximum Gasteiger partial charge on any atom is 0.325 e. The zero-order valence-electron chi connectivity index (χ0n) is 15.0. The molecule has 0 aliphatic heterocycles. The van der Waals surface area contributed by atoms with Crippen LogP contribution in [0.5, 0.6) is 0 Å². The molecule has 0 aliphatic carbocycles. The van der Waals surface area contributed by atoms with E-state index in [1.807, 2.05) is 24.6 Å². The molecule has 1 amide bonds. The summed E-state index contributed by atoms with van der Waals surface area (Å²) in [5, 5.41) is 0.742. The van der Waals surface area contributed by atoms with Gasteiger partial charge >= 0.3 is 5.97 Å². The van der Waals surface area contributed by atoms with Gasteiger partial charge in [0.25, 0.3) is 0 Å². The largest absolute Gasteiger partial charge is 0.465 e. The van der Waals surface area contributed by atoms with Crippen molar-refractivity contribution in [1.82, 2.24) is 14.5 Å². The summed E-state index contributed by atoms with van der Waals surface area (Å²) < 4.78 is 6.84. The Balaban J connectivity index is 2.03. The van der Waals surface area contributed by atoms with Gasteiger partial charge in [-0.25, -0.2) is 4.98 Å². The highest BCUT2D eigenvalue weighted by atomic mass is 32.2. The zero-order chi connectivity index (χ0) is 18.4. The molecule has 2 aromatic rings. The van der Waals surface area contributed by atoms with Crippen molar-refractivity contribution in [2.75, 3.05) is 26.0 Å². The number of amides is 1. The van der Waals surface area contributed by atoms with Gasteiger partial charge in [0, 0.05) is 19.4 Å². The number of imidazole rings is 1. The Bertz CT molecular complexity index is 758. The lowest BCUT2D eigenvalue weighted by Gasteiger charge is -2.16. The van der Waals surface area contributed by atoms with Crippen molar-refractivity contribution in [3.05, 3.63) is 41.7 Å². The molecule has 1 aromatic heterocycles. The summed E-state index contributed by atoms with van der Waals surface area (Å²) in [4.78, 5) is 29.4. The number of hydrogen-bond acceptors (Lipinski definition) is 5. The van der Waals surface area contributed by atoms with Crippen molar-refractivity contribution in [2.45, 2.75) is 25.9 Å². The third-order valence-electron chi connectivity index (χ3n) is 3.65. The molecule has 0 saturated heterocycles. The van der Waals surface area contributed by atoms with Gasteiger partial charge in [-0.05, 0) is 38.0 Å². The van der Waals surface area contributed by atoms with Gasteiger partial charge in [-0.1, -0.05) is 23.9 Å². The number of likely N-dealkylation sites (N-methyl/N-ethyl adjacent to an activating group) is 1. The molecule has 0 atom stereocenters. The van der Waals surface area contributed by atoms with Crippen molar-refractivity contribution in [2.24, 2.45) is 0 Å². The predicted octanol–water partition coefficient (Wildman–Crippen LogP) is 2.60. The first-order chi connectivity index (χ1) is 11.9. The summed E-state index contributed by atoms with van der Waals surface area (Å²) in [5.74, 6) is -0.341. The lowest BCUT2D eigenvalue weighted by molar-refractivity contribution is -0.147. The molecule has 6 nitrogen and oxygen atoms in total. The van der Waals surface area contributed by atoms with Crippen LogP contribution in [0.4, 0.5) is 0 Å². The smallest absolute Gasteiger partial charge is 0.325 e. The molecular formula is C18H23N3O3S. The number of carbonyl (C=O) groups is 2. The van der Waals surface area contributed by atoms with Gasteiger partial charge in [-0.2, -0.15) is 0 Å². The lowest BCUT2D eigenvalue weighted by atomic mass is 10.1. The zero-order valence-corrected chi connectivity index (χ0v) is 15.8. The quantitative estimate of drug-likeness (QED) is 0.560. The van der Waals surface area contributed by atoms with Crippen LogP contribution >= 0.6 is 11.8 Å². The summed E-state index contributed by atoms with van der Waals surface area (Å²) in [6.07, 6.45) is 3.60. The molecule has 0 aliphatic rings. The molecule has 0 radical (unpaired) electrons. The summed E-state index contributed by atoms with van der Waals surface area (Å²) >= 11 is 1.35. The van der Waals surface area contributed by atoms with Gasteiger partial charge in [-0.3, -0.25) is 14.2 Å². The molecule has 1 aromatic carbocycles. The molecule has 25 heavy (non-hydrogen) atoms. The van der Waals surface area contributed by atoms with E-state index in [0.29, 0.717) is 6.61 Å². The minimum absolute atomic E-state index is 0.0430. The van der Waals surface area contributed by atoms with Gasteiger partial charge in [0.05, 0.1) is 18.0 Å². The standard InChI is InChI=1S/C18H23N3O3S/c1-5-24-17(23)11-20(4)16(22)12-25-18-19-8-9-21(18)15-10-13(2)6-7-14(15)3/h6-10H,5,11-12H2,1-4H3. The van der Waals surface area contributed by atoms with Crippen LogP contribution in [0.3, 0.4) is 0 Å². The second-order valence-electron chi connectivity index (χ2n) is 5.71. The number of esters is 1. The number of thioether (sulfide) groups is 1. The Hall–Kier alpha value is -2.28. The number of hydrogen-bond donors (Lipinski definition) is 0. The highest BCUT2D eigenvalue weighted by molar-refractivity contribution is 7.99. The van der Waals surface area contributed by atoms with E-state index in [4.69, 9.17) is 4.74 Å². The second-order valence-corrected chi connectivity index (χ2v) is 6.66. The monoisotopic (exact) mass is 361 g/mol. The molecule has 0 saturated carbocycles. The maximum absolute atomic E-state index is 12.2. The van der Waals surface area contributed by atoms with Gasteiger partial charge < -0.3 is 9.64 Å². The van der Waals surface area contributed by atoms with Crippen LogP contribution in [0.25, 0.3) is 5.69 Å². The SMILES string of the molecule is CCOC(=O)CN(C)C(=O)CSc1nccn1-c1cc(C)ccc1C. The number of ether oxygens (including phenoxy) is 1. The first-order valence-corrected chi connectivity index (χ1v) is 9.04. The fourth-order valence-corrected chi connectivity index (χ4v) is 3.19. The van der Waals surface area contributed by atoms with Crippen molar-refractivity contribution >= 4 is 23.6 Å². The molecule has 2 rings (SSSR count). The van der Waals surface area contributed by atoms with Crippen LogP contribution in [-0.4, -0.2) is 52.3 Å². The molecular weight excluding hydrogens is 338 g/mol. The summed E-state index contributed by atoms with van der Waals surface area (Å²) in [6.45, 7) is 6.09. The van der Waals surface area contributed by atoms with Crippen molar-refractivity contribution < 1.29 is 14.3 Å². The van der Waals surface area contributed by atoms with E-state index in [-0.39, 0.29) is 18.2 Å². The Morgan fingerprint density at radius 3 is 2.80 bits per heavy atom. The van der Waals surface area contributed by atoms with Crippen LogP contribution < -0.4 is 0 Å². The van der Waals surface area contributed by atoms with Crippen LogP contribution in [-0.2, 0) is 14.3 Å². The van der Waals surface area contributed by atoms with E-state index in [2.05, 4.69) is 23.2 Å². The Morgan fingerprint density at radius 1 is 1.32 bits per heavy atom. The molecule has 1 heterocycles. The number of benzene rings is 1. The number of aryl methyl sites for hydroxylation is 2. The maximum atomic E-state index is 12.2. The van der Waals surface area contributed by atoms with Gasteiger partial charge in [0.1, 0.15) is 6.54 Å². The first-order valence-electron chi connectivity index (χ1n) is 8.05. The second kappa shape index (κ2) is 8.71. The van der Waals surface area contributed by atoms with E-state index in [1.165, 1.54) is 16.7 Å². The van der Waals surface area contributed by atoms with Crippen molar-refractivity contribution in [3.8, 4) is 5.69 Å². The van der Waals surface area contributed by atoms with Gasteiger partial charge in [0.2, 0.25) is 5.91 Å². The average molecular weight is 361 g/mol. The van der Waals surface area contributed by atoms with E-state index < -0.39 is 5.97 Å². The summed E-state index contributed by atoms with van der Waals surface area (Å²) in [5.41, 5.74) is 3.35. The number of rotatable bonds is 7. The minimum atomic E-state index is -0.403. The highest BCUT2D eigenvalue weighted by Gasteiger charge is 2.16. The van der Waals surface area contributed by atoms with Gasteiger partial charge in [0.15, 0.2) is 5.16 Å². The topological polar surface area (TPSA) is 64.4 Å². The van der Waals surface area contributed by atoms with E-state index in [0.717, 1.165) is 22.0 Å². The van der Waals surface area contributed by atoms with E-state index in [1.54, 1.807) is 20.2 Å². The molecule has 0 fully saturated rings. The van der Waals surface area contributed by atoms with Crippen molar-refractivity contribution in [3.63, 3.8) is 0 Å². The fourth-order valence-electron chi connectivity index (χ4n) is 2.28. The van der Waals surface area contributed by atoms with Crippen LogP contribution in [0.2, 0.25) is 0 Å². The van der Waals surface area contributed by atoms with Crippen LogP contribution in [0.15, 0.2) is 35.7 Å². The molecule has 0 N–H and O–H groups in total. The normalized spacial score (nSPS) is 10.6. The molecule has 0 spiro atoms. The Kier molecular flexibility index (Phi) is 6.64. The molecule has 0 unspecified atom stereocenters. The highest BCUT2D eigenvalue weighted by Crippen LogP contribution is 2.23. The van der Waals surface area contributed by atoms with E-state index >= 15 is 0 Å². The third kappa shape index (κ3) is 5.09. The minimum Gasteiger partial charge on any atom is -0.465 e. The Morgan fingerprint density at radius 2 is 2.08 bits per heavy atom. The fraction of sp³-hybridized carbons (Fsp3) is 0.389. The molecule has 7 heteroatoms. The Labute approximate surface area is 152 Å². The van der Waals surface area contributed by atoms with Crippen LogP contribution in [0.1, 0.15) is 18.1 Å². The van der Waals surface area contributed by atoms with Gasteiger partial charge in [-0.15, -0.1) is 0 Å². The third-order valence-corrected chi connectivity index (χ3v) is 4.60. The number of aromatic nitrogens is 2.